The molecule has 0 heterocycles. The van der Waals surface area contributed by atoms with Crippen LogP contribution in [0.25, 0.3) is 0 Å². The van der Waals surface area contributed by atoms with Crippen LogP contribution in [0.15, 0.2) is 36.4 Å². The van der Waals surface area contributed by atoms with Crippen molar-refractivity contribution in [2.75, 3.05) is 20.3 Å². The molecule has 2 aromatic rings. The van der Waals surface area contributed by atoms with E-state index in [-0.39, 0.29) is 11.7 Å². The van der Waals surface area contributed by atoms with Crippen LogP contribution in [0.4, 0.5) is 0 Å². The van der Waals surface area contributed by atoms with E-state index in [4.69, 9.17) is 9.47 Å². The molecule has 26 heavy (non-hydrogen) atoms. The lowest BCUT2D eigenvalue weighted by molar-refractivity contribution is -0.121. The van der Waals surface area contributed by atoms with Crippen molar-refractivity contribution in [1.82, 2.24) is 5.32 Å². The summed E-state index contributed by atoms with van der Waals surface area (Å²) in [5, 5.41) is 12.3. The minimum absolute atomic E-state index is 0.0563. The van der Waals surface area contributed by atoms with Crippen molar-refractivity contribution in [3.63, 3.8) is 0 Å². The third kappa shape index (κ3) is 6.08. The highest BCUT2D eigenvalue weighted by Crippen LogP contribution is 2.30. The molecule has 0 aromatic heterocycles. The number of carbonyl (C=O) groups is 1. The zero-order chi connectivity index (χ0) is 18.9. The number of rotatable bonds is 9. The van der Waals surface area contributed by atoms with Gasteiger partial charge in [-0.1, -0.05) is 12.1 Å². The average molecular weight is 357 g/mol. The molecule has 2 N–H and O–H groups in total. The van der Waals surface area contributed by atoms with Crippen molar-refractivity contribution in [2.45, 2.75) is 33.1 Å². The highest BCUT2D eigenvalue weighted by atomic mass is 16.5. The summed E-state index contributed by atoms with van der Waals surface area (Å²) in [5.74, 6) is 1.75. The van der Waals surface area contributed by atoms with E-state index in [0.717, 1.165) is 28.9 Å². The van der Waals surface area contributed by atoms with Gasteiger partial charge in [-0.3, -0.25) is 4.79 Å². The number of amides is 1. The molecule has 0 aliphatic rings. The molecule has 2 aromatic carbocycles. The molecule has 0 radical (unpaired) electrons. The number of carbonyl (C=O) groups excluding carboxylic acids is 1. The maximum Gasteiger partial charge on any atom is 0.220 e. The van der Waals surface area contributed by atoms with Crippen molar-refractivity contribution >= 4 is 5.91 Å². The van der Waals surface area contributed by atoms with Crippen molar-refractivity contribution in [2.24, 2.45) is 0 Å². The summed E-state index contributed by atoms with van der Waals surface area (Å²) in [7, 11) is 1.65. The van der Waals surface area contributed by atoms with Crippen LogP contribution in [-0.2, 0) is 16.0 Å². The summed E-state index contributed by atoms with van der Waals surface area (Å²) < 4.78 is 10.9. The summed E-state index contributed by atoms with van der Waals surface area (Å²) in [4.78, 5) is 11.9. The molecule has 0 aliphatic heterocycles. The SMILES string of the molecule is COCCCNC(=O)CCc1cc(C)c(Oc2ccc(O)cc2)c(C)c1. The van der Waals surface area contributed by atoms with E-state index in [0.29, 0.717) is 31.7 Å². The smallest absolute Gasteiger partial charge is 0.220 e. The highest BCUT2D eigenvalue weighted by Gasteiger charge is 2.09. The molecular weight excluding hydrogens is 330 g/mol. The normalized spacial score (nSPS) is 10.6. The first-order chi connectivity index (χ1) is 12.5. The van der Waals surface area contributed by atoms with E-state index in [1.165, 1.54) is 0 Å². The van der Waals surface area contributed by atoms with Crippen molar-refractivity contribution in [3.8, 4) is 17.2 Å². The standard InChI is InChI=1S/C21H27NO4/c1-15-13-17(5-10-20(24)22-11-4-12-25-3)14-16(2)21(15)26-19-8-6-18(23)7-9-19/h6-9,13-14,23H,4-5,10-12H2,1-3H3,(H,22,24). The van der Waals surface area contributed by atoms with E-state index in [9.17, 15) is 9.90 Å². The predicted octanol–water partition coefficient (Wildman–Crippen LogP) is 3.89. The molecule has 5 heteroatoms. The molecule has 0 unspecified atom stereocenters. The third-order valence-corrected chi connectivity index (χ3v) is 4.06. The fourth-order valence-corrected chi connectivity index (χ4v) is 2.77. The number of phenols is 1. The van der Waals surface area contributed by atoms with Crippen LogP contribution in [0.5, 0.6) is 17.2 Å². The predicted molar refractivity (Wildman–Crippen MR) is 102 cm³/mol. The molecular formula is C21H27NO4. The summed E-state index contributed by atoms with van der Waals surface area (Å²) >= 11 is 0. The second kappa shape index (κ2) is 9.82. The Hall–Kier alpha value is -2.53. The quantitative estimate of drug-likeness (QED) is 0.668. The van der Waals surface area contributed by atoms with Crippen molar-refractivity contribution < 1.29 is 19.4 Å². The first kappa shape index (κ1) is 19.8. The minimum Gasteiger partial charge on any atom is -0.508 e. The Kier molecular flexibility index (Phi) is 7.48. The van der Waals surface area contributed by atoms with Crippen LogP contribution >= 0.6 is 0 Å². The van der Waals surface area contributed by atoms with Crippen LogP contribution in [0.3, 0.4) is 0 Å². The van der Waals surface area contributed by atoms with Gasteiger partial charge in [-0.05, 0) is 67.6 Å². The number of hydrogen-bond acceptors (Lipinski definition) is 4. The summed E-state index contributed by atoms with van der Waals surface area (Å²) in [6, 6.07) is 10.8. The Morgan fingerprint density at radius 1 is 1.12 bits per heavy atom. The highest BCUT2D eigenvalue weighted by molar-refractivity contribution is 5.76. The minimum atomic E-state index is 0.0563. The van der Waals surface area contributed by atoms with Gasteiger partial charge in [0.15, 0.2) is 0 Å². The molecule has 0 saturated carbocycles. The Bertz CT molecular complexity index is 702. The second-order valence-electron chi connectivity index (χ2n) is 6.35. The zero-order valence-corrected chi connectivity index (χ0v) is 15.7. The molecule has 5 nitrogen and oxygen atoms in total. The van der Waals surface area contributed by atoms with Gasteiger partial charge in [0.05, 0.1) is 0 Å². The summed E-state index contributed by atoms with van der Waals surface area (Å²) in [6.45, 7) is 5.29. The molecule has 0 bridgehead atoms. The van der Waals surface area contributed by atoms with Gasteiger partial charge in [-0.25, -0.2) is 0 Å². The summed E-state index contributed by atoms with van der Waals surface area (Å²) in [5.41, 5.74) is 3.16. The number of phenolic OH excluding ortho intramolecular Hbond substituents is 1. The Morgan fingerprint density at radius 3 is 2.38 bits per heavy atom. The molecule has 0 atom stereocenters. The number of hydrogen-bond donors (Lipinski definition) is 2. The largest absolute Gasteiger partial charge is 0.508 e. The lowest BCUT2D eigenvalue weighted by Crippen LogP contribution is -2.25. The number of methoxy groups -OCH3 is 1. The maximum atomic E-state index is 11.9. The van der Waals surface area contributed by atoms with E-state index in [2.05, 4.69) is 17.4 Å². The molecule has 0 saturated heterocycles. The van der Waals surface area contributed by atoms with E-state index < -0.39 is 0 Å². The van der Waals surface area contributed by atoms with Gasteiger partial charge < -0.3 is 19.9 Å². The van der Waals surface area contributed by atoms with Gasteiger partial charge in [-0.2, -0.15) is 0 Å². The van der Waals surface area contributed by atoms with Crippen molar-refractivity contribution in [1.29, 1.82) is 0 Å². The maximum absolute atomic E-state index is 11.9. The zero-order valence-electron chi connectivity index (χ0n) is 15.7. The molecule has 0 fully saturated rings. The topological polar surface area (TPSA) is 67.8 Å². The fraction of sp³-hybridized carbons (Fsp3) is 0.381. The lowest BCUT2D eigenvalue weighted by atomic mass is 10.0. The van der Waals surface area contributed by atoms with Crippen LogP contribution in [-0.4, -0.2) is 31.3 Å². The molecule has 0 aliphatic carbocycles. The Morgan fingerprint density at radius 2 is 1.77 bits per heavy atom. The fourth-order valence-electron chi connectivity index (χ4n) is 2.77. The Balaban J connectivity index is 1.93. The third-order valence-electron chi connectivity index (χ3n) is 4.06. The van der Waals surface area contributed by atoms with Gasteiger partial charge in [0.25, 0.3) is 0 Å². The average Bonchev–Trinajstić information content (AvgIpc) is 2.61. The van der Waals surface area contributed by atoms with Crippen molar-refractivity contribution in [3.05, 3.63) is 53.1 Å². The molecule has 2 rings (SSSR count). The number of benzene rings is 2. The number of aromatic hydroxyl groups is 1. The number of aryl methyl sites for hydroxylation is 3. The van der Waals surface area contributed by atoms with E-state index in [1.807, 2.05) is 13.8 Å². The van der Waals surface area contributed by atoms with Gasteiger partial charge in [0.1, 0.15) is 17.2 Å². The number of nitrogens with one attached hydrogen (secondary N) is 1. The van der Waals surface area contributed by atoms with E-state index >= 15 is 0 Å². The molecule has 140 valence electrons. The van der Waals surface area contributed by atoms with Gasteiger partial charge in [-0.15, -0.1) is 0 Å². The molecule has 1 amide bonds. The van der Waals surface area contributed by atoms with Gasteiger partial charge in [0, 0.05) is 26.7 Å². The first-order valence-electron chi connectivity index (χ1n) is 8.82. The van der Waals surface area contributed by atoms with Crippen LogP contribution in [0.1, 0.15) is 29.5 Å². The molecule has 0 spiro atoms. The van der Waals surface area contributed by atoms with Gasteiger partial charge >= 0.3 is 0 Å². The van der Waals surface area contributed by atoms with Gasteiger partial charge in [0.2, 0.25) is 5.91 Å². The first-order valence-corrected chi connectivity index (χ1v) is 8.82. The Labute approximate surface area is 155 Å². The monoisotopic (exact) mass is 357 g/mol. The van der Waals surface area contributed by atoms with Crippen LogP contribution in [0, 0.1) is 13.8 Å². The second-order valence-corrected chi connectivity index (χ2v) is 6.35. The summed E-state index contributed by atoms with van der Waals surface area (Å²) in [6.07, 6.45) is 1.98. The number of ether oxygens (including phenoxy) is 2. The van der Waals surface area contributed by atoms with E-state index in [1.54, 1.807) is 31.4 Å². The van der Waals surface area contributed by atoms with Crippen LogP contribution < -0.4 is 10.1 Å². The van der Waals surface area contributed by atoms with Crippen LogP contribution in [0.2, 0.25) is 0 Å². The lowest BCUT2D eigenvalue weighted by Gasteiger charge is -2.14.